The van der Waals surface area contributed by atoms with E-state index in [1.165, 1.54) is 19.2 Å². The molecule has 2 aromatic rings. The largest absolute Gasteiger partial charge is 0.493 e. The monoisotopic (exact) mass is 356 g/mol. The molecule has 1 heterocycles. The van der Waals surface area contributed by atoms with E-state index >= 15 is 0 Å². The van der Waals surface area contributed by atoms with Gasteiger partial charge in [-0.3, -0.25) is 0 Å². The van der Waals surface area contributed by atoms with Gasteiger partial charge < -0.3 is 19.2 Å². The minimum Gasteiger partial charge on any atom is -0.493 e. The molecule has 0 unspecified atom stereocenters. The molecular weight excluding hydrogens is 332 g/mol. The van der Waals surface area contributed by atoms with Gasteiger partial charge in [0.25, 0.3) is 0 Å². The lowest BCUT2D eigenvalue weighted by Crippen LogP contribution is -2.11. The molecule has 26 heavy (non-hydrogen) atoms. The quantitative estimate of drug-likeness (QED) is 0.603. The van der Waals surface area contributed by atoms with E-state index in [1.807, 2.05) is 18.2 Å². The van der Waals surface area contributed by atoms with E-state index in [4.69, 9.17) is 14.2 Å². The number of nitrogens with one attached hydrogen (secondary N) is 1. The van der Waals surface area contributed by atoms with Crippen LogP contribution in [0.1, 0.15) is 43.9 Å². The fourth-order valence-corrected chi connectivity index (χ4v) is 3.09. The van der Waals surface area contributed by atoms with Crippen LogP contribution in [0, 0.1) is 0 Å². The van der Waals surface area contributed by atoms with E-state index in [9.17, 15) is 4.79 Å². The molecule has 1 N–H and O–H groups in total. The second-order valence-corrected chi connectivity index (χ2v) is 6.18. The van der Waals surface area contributed by atoms with Gasteiger partial charge in [0.1, 0.15) is 0 Å². The van der Waals surface area contributed by atoms with Crippen molar-refractivity contribution in [1.82, 2.24) is 9.97 Å². The highest BCUT2D eigenvalue weighted by atomic mass is 16.5. The molecule has 138 valence electrons. The van der Waals surface area contributed by atoms with Crippen molar-refractivity contribution < 1.29 is 19.0 Å². The number of rotatable bonds is 7. The maximum Gasteiger partial charge on any atom is 0.340 e. The predicted molar refractivity (Wildman–Crippen MR) is 99.0 cm³/mol. The Hall–Kier alpha value is -2.76. The van der Waals surface area contributed by atoms with Crippen molar-refractivity contribution in [3.63, 3.8) is 0 Å². The highest BCUT2D eigenvalue weighted by Crippen LogP contribution is 2.33. The highest BCUT2D eigenvalue weighted by Gasteiger charge is 2.19. The van der Waals surface area contributed by atoms with E-state index in [2.05, 4.69) is 9.97 Å². The Morgan fingerprint density at radius 1 is 1.31 bits per heavy atom. The molecular formula is C20H24N2O4. The van der Waals surface area contributed by atoms with Crippen molar-refractivity contribution in [3.05, 3.63) is 42.0 Å². The SMILES string of the molecule is CCOC(=O)/C(=C/c1ccc(OC)c(OC2CCCC2)c1)c1cnc[nH]1. The maximum absolute atomic E-state index is 12.3. The first-order valence-corrected chi connectivity index (χ1v) is 8.93. The number of carbonyl (C=O) groups excluding carboxylic acids is 1. The number of ether oxygens (including phenoxy) is 3. The lowest BCUT2D eigenvalue weighted by atomic mass is 10.1. The molecule has 0 amide bonds. The summed E-state index contributed by atoms with van der Waals surface area (Å²) in [7, 11) is 1.63. The molecule has 1 aliphatic carbocycles. The molecule has 6 nitrogen and oxygen atoms in total. The molecule has 0 aliphatic heterocycles. The summed E-state index contributed by atoms with van der Waals surface area (Å²) < 4.78 is 16.7. The lowest BCUT2D eigenvalue weighted by Gasteiger charge is -2.16. The standard InChI is InChI=1S/C20H24N2O4/c1-3-25-20(23)16(17-12-21-13-22-17)10-14-8-9-18(24-2)19(11-14)26-15-6-4-5-7-15/h8-13,15H,3-7H2,1-2H3,(H,21,22)/b16-10+. The van der Waals surface area contributed by atoms with Crippen molar-refractivity contribution in [1.29, 1.82) is 0 Å². The third kappa shape index (κ3) is 4.25. The molecule has 0 saturated heterocycles. The zero-order valence-electron chi connectivity index (χ0n) is 15.2. The third-order valence-corrected chi connectivity index (χ3v) is 4.38. The summed E-state index contributed by atoms with van der Waals surface area (Å²) in [5.41, 5.74) is 1.86. The van der Waals surface area contributed by atoms with E-state index in [0.29, 0.717) is 29.4 Å². The van der Waals surface area contributed by atoms with Crippen LogP contribution in [0.2, 0.25) is 0 Å². The maximum atomic E-state index is 12.3. The predicted octanol–water partition coefficient (Wildman–Crippen LogP) is 3.84. The van der Waals surface area contributed by atoms with Crippen LogP contribution < -0.4 is 9.47 Å². The number of aromatic amines is 1. The number of imidazole rings is 1. The van der Waals surface area contributed by atoms with Crippen LogP contribution >= 0.6 is 0 Å². The van der Waals surface area contributed by atoms with Gasteiger partial charge >= 0.3 is 5.97 Å². The van der Waals surface area contributed by atoms with Crippen LogP contribution in [0.3, 0.4) is 0 Å². The number of H-pyrrole nitrogens is 1. The molecule has 1 fully saturated rings. The Labute approximate surface area is 153 Å². The Kier molecular flexibility index (Phi) is 5.94. The van der Waals surface area contributed by atoms with Crippen molar-refractivity contribution in [3.8, 4) is 11.5 Å². The van der Waals surface area contributed by atoms with Gasteiger partial charge in [-0.25, -0.2) is 9.78 Å². The third-order valence-electron chi connectivity index (χ3n) is 4.38. The number of benzene rings is 1. The second kappa shape index (κ2) is 8.56. The molecule has 1 aromatic carbocycles. The number of esters is 1. The average molecular weight is 356 g/mol. The first kappa shape index (κ1) is 18.0. The minimum absolute atomic E-state index is 0.222. The fourth-order valence-electron chi connectivity index (χ4n) is 3.09. The molecule has 6 heteroatoms. The van der Waals surface area contributed by atoms with Gasteiger partial charge in [0.05, 0.1) is 43.6 Å². The Morgan fingerprint density at radius 3 is 2.77 bits per heavy atom. The van der Waals surface area contributed by atoms with E-state index in [-0.39, 0.29) is 6.10 Å². The van der Waals surface area contributed by atoms with Crippen LogP contribution in [-0.2, 0) is 9.53 Å². The van der Waals surface area contributed by atoms with Gasteiger partial charge in [-0.15, -0.1) is 0 Å². The van der Waals surface area contributed by atoms with Crippen LogP contribution in [0.25, 0.3) is 11.6 Å². The molecule has 1 aromatic heterocycles. The zero-order chi connectivity index (χ0) is 18.4. The van der Waals surface area contributed by atoms with E-state index in [1.54, 1.807) is 26.3 Å². The first-order valence-electron chi connectivity index (χ1n) is 8.93. The smallest absolute Gasteiger partial charge is 0.340 e. The molecule has 0 atom stereocenters. The van der Waals surface area contributed by atoms with Crippen molar-refractivity contribution in [2.75, 3.05) is 13.7 Å². The Balaban J connectivity index is 1.92. The molecule has 0 bridgehead atoms. The summed E-state index contributed by atoms with van der Waals surface area (Å²) in [4.78, 5) is 19.3. The van der Waals surface area contributed by atoms with E-state index < -0.39 is 5.97 Å². The topological polar surface area (TPSA) is 73.4 Å². The Bertz CT molecular complexity index is 762. The van der Waals surface area contributed by atoms with Crippen LogP contribution in [-0.4, -0.2) is 35.8 Å². The Morgan fingerprint density at radius 2 is 2.12 bits per heavy atom. The summed E-state index contributed by atoms with van der Waals surface area (Å²) in [5.74, 6) is 0.986. The van der Waals surface area contributed by atoms with Crippen LogP contribution in [0.4, 0.5) is 0 Å². The molecule has 0 spiro atoms. The van der Waals surface area contributed by atoms with Crippen molar-refractivity contribution >= 4 is 17.6 Å². The number of nitrogens with zero attached hydrogens (tertiary/aromatic N) is 1. The van der Waals surface area contributed by atoms with Gasteiger partial charge in [0.15, 0.2) is 11.5 Å². The van der Waals surface area contributed by atoms with Crippen LogP contribution in [0.5, 0.6) is 11.5 Å². The number of hydrogen-bond acceptors (Lipinski definition) is 5. The number of carbonyl (C=O) groups is 1. The molecule has 3 rings (SSSR count). The minimum atomic E-state index is -0.397. The number of methoxy groups -OCH3 is 1. The normalized spacial score (nSPS) is 15.1. The molecule has 1 aliphatic rings. The van der Waals surface area contributed by atoms with Gasteiger partial charge in [-0.05, 0) is 56.4 Å². The molecule has 1 saturated carbocycles. The number of aromatic nitrogens is 2. The van der Waals surface area contributed by atoms with E-state index in [0.717, 1.165) is 18.4 Å². The van der Waals surface area contributed by atoms with Gasteiger partial charge in [0, 0.05) is 0 Å². The summed E-state index contributed by atoms with van der Waals surface area (Å²) in [5, 5.41) is 0. The first-order chi connectivity index (χ1) is 12.7. The summed E-state index contributed by atoms with van der Waals surface area (Å²) >= 11 is 0. The lowest BCUT2D eigenvalue weighted by molar-refractivity contribution is -0.136. The van der Waals surface area contributed by atoms with Crippen LogP contribution in [0.15, 0.2) is 30.7 Å². The molecule has 0 radical (unpaired) electrons. The van der Waals surface area contributed by atoms with Gasteiger partial charge in [-0.2, -0.15) is 0 Å². The van der Waals surface area contributed by atoms with Gasteiger partial charge in [0.2, 0.25) is 0 Å². The van der Waals surface area contributed by atoms with Crippen molar-refractivity contribution in [2.24, 2.45) is 0 Å². The summed E-state index contributed by atoms with van der Waals surface area (Å²) in [6, 6.07) is 5.63. The second-order valence-electron chi connectivity index (χ2n) is 6.18. The van der Waals surface area contributed by atoms with Gasteiger partial charge in [-0.1, -0.05) is 6.07 Å². The number of hydrogen-bond donors (Lipinski definition) is 1. The zero-order valence-corrected chi connectivity index (χ0v) is 15.2. The summed E-state index contributed by atoms with van der Waals surface area (Å²) in [6.45, 7) is 2.09. The fraction of sp³-hybridized carbons (Fsp3) is 0.400. The summed E-state index contributed by atoms with van der Waals surface area (Å²) in [6.07, 6.45) is 9.63. The van der Waals surface area contributed by atoms with Crippen molar-refractivity contribution in [2.45, 2.75) is 38.7 Å². The highest BCUT2D eigenvalue weighted by molar-refractivity contribution is 6.20. The average Bonchev–Trinajstić information content (AvgIpc) is 3.34.